The molecule has 0 spiro atoms. The van der Waals surface area contributed by atoms with Crippen molar-refractivity contribution in [3.8, 4) is 11.5 Å². The minimum atomic E-state index is -0.300. The van der Waals surface area contributed by atoms with Gasteiger partial charge in [-0.25, -0.2) is 0 Å². The topological polar surface area (TPSA) is 68.3 Å². The Labute approximate surface area is 152 Å². The van der Waals surface area contributed by atoms with E-state index < -0.39 is 0 Å². The van der Waals surface area contributed by atoms with Gasteiger partial charge in [0.2, 0.25) is 11.8 Å². The molecule has 3 aliphatic heterocycles. The normalized spacial score (nSPS) is 25.5. The maximum absolute atomic E-state index is 12.9. The molecule has 2 atom stereocenters. The number of carbonyl (C=O) groups is 2. The number of fused-ring (bicyclic) bond motifs is 1. The standard InChI is InChI=1S/C19H24N2O5/c1-2-15-12-20(5-6-24-15)19(23)13-9-18(22)21(11-13)14-3-4-16-17(10-14)26-8-7-25-16/h3-4,10,13,15H,2,5-9,11-12H2,1H3. The van der Waals surface area contributed by atoms with E-state index in [9.17, 15) is 9.59 Å². The Bertz CT molecular complexity index is 707. The van der Waals surface area contributed by atoms with Crippen LogP contribution in [0.4, 0.5) is 5.69 Å². The van der Waals surface area contributed by atoms with Crippen LogP contribution in [0.15, 0.2) is 18.2 Å². The quantitative estimate of drug-likeness (QED) is 0.816. The van der Waals surface area contributed by atoms with Crippen LogP contribution in [-0.4, -0.2) is 62.3 Å². The zero-order valence-corrected chi connectivity index (χ0v) is 15.0. The number of carbonyl (C=O) groups excluding carboxylic acids is 2. The van der Waals surface area contributed by atoms with E-state index in [1.807, 2.05) is 23.1 Å². The van der Waals surface area contributed by atoms with Crippen LogP contribution in [0.3, 0.4) is 0 Å². The molecule has 0 N–H and O–H groups in total. The summed E-state index contributed by atoms with van der Waals surface area (Å²) in [6, 6.07) is 5.49. The number of ether oxygens (including phenoxy) is 3. The summed E-state index contributed by atoms with van der Waals surface area (Å²) in [6.45, 7) is 5.28. The van der Waals surface area contributed by atoms with Crippen molar-refractivity contribution in [1.82, 2.24) is 4.90 Å². The Balaban J connectivity index is 1.46. The smallest absolute Gasteiger partial charge is 0.228 e. The second-order valence-corrected chi connectivity index (χ2v) is 6.92. The number of hydrogen-bond acceptors (Lipinski definition) is 5. The third kappa shape index (κ3) is 3.23. The fraction of sp³-hybridized carbons (Fsp3) is 0.579. The first-order valence-corrected chi connectivity index (χ1v) is 9.26. The monoisotopic (exact) mass is 360 g/mol. The molecular formula is C19H24N2O5. The summed E-state index contributed by atoms with van der Waals surface area (Å²) >= 11 is 0. The van der Waals surface area contributed by atoms with Crippen LogP contribution in [0.2, 0.25) is 0 Å². The van der Waals surface area contributed by atoms with Crippen molar-refractivity contribution in [2.45, 2.75) is 25.9 Å². The lowest BCUT2D eigenvalue weighted by atomic mass is 10.1. The first-order chi connectivity index (χ1) is 12.7. The molecule has 2 amide bonds. The molecule has 0 radical (unpaired) electrons. The summed E-state index contributed by atoms with van der Waals surface area (Å²) in [4.78, 5) is 28.9. The van der Waals surface area contributed by atoms with Crippen LogP contribution in [0.1, 0.15) is 19.8 Å². The lowest BCUT2D eigenvalue weighted by Gasteiger charge is -2.34. The fourth-order valence-electron chi connectivity index (χ4n) is 3.75. The van der Waals surface area contributed by atoms with Gasteiger partial charge in [0, 0.05) is 37.8 Å². The molecule has 7 nitrogen and oxygen atoms in total. The highest BCUT2D eigenvalue weighted by atomic mass is 16.6. The molecule has 4 rings (SSSR count). The highest BCUT2D eigenvalue weighted by molar-refractivity contribution is 6.00. The number of amides is 2. The summed E-state index contributed by atoms with van der Waals surface area (Å²) in [5.74, 6) is 1.07. The molecule has 0 saturated carbocycles. The Kier molecular flexibility index (Phi) is 4.72. The second-order valence-electron chi connectivity index (χ2n) is 6.92. The molecule has 3 heterocycles. The summed E-state index contributed by atoms with van der Waals surface area (Å²) in [5.41, 5.74) is 0.753. The number of benzene rings is 1. The number of nitrogens with zero attached hydrogens (tertiary/aromatic N) is 2. The number of hydrogen-bond donors (Lipinski definition) is 0. The van der Waals surface area contributed by atoms with Gasteiger partial charge in [-0.2, -0.15) is 0 Å². The van der Waals surface area contributed by atoms with Crippen LogP contribution < -0.4 is 14.4 Å². The summed E-state index contributed by atoms with van der Waals surface area (Å²) in [5, 5.41) is 0. The molecule has 2 fully saturated rings. The zero-order chi connectivity index (χ0) is 18.1. The molecule has 2 unspecified atom stereocenters. The molecule has 1 aromatic rings. The molecule has 3 aliphatic rings. The van der Waals surface area contributed by atoms with Gasteiger partial charge in [0.15, 0.2) is 11.5 Å². The second kappa shape index (κ2) is 7.15. The Morgan fingerprint density at radius 3 is 2.77 bits per heavy atom. The van der Waals surface area contributed by atoms with Crippen LogP contribution in [0.25, 0.3) is 0 Å². The predicted molar refractivity (Wildman–Crippen MR) is 94.5 cm³/mol. The number of rotatable bonds is 3. The molecular weight excluding hydrogens is 336 g/mol. The van der Waals surface area contributed by atoms with Crippen molar-refractivity contribution < 1.29 is 23.8 Å². The van der Waals surface area contributed by atoms with Gasteiger partial charge in [-0.05, 0) is 18.6 Å². The predicted octanol–water partition coefficient (Wildman–Crippen LogP) is 1.45. The Morgan fingerprint density at radius 2 is 1.96 bits per heavy atom. The molecule has 0 bridgehead atoms. The lowest BCUT2D eigenvalue weighted by Crippen LogP contribution is -2.48. The van der Waals surface area contributed by atoms with E-state index in [0.717, 1.165) is 12.1 Å². The Morgan fingerprint density at radius 1 is 1.15 bits per heavy atom. The van der Waals surface area contributed by atoms with Gasteiger partial charge in [-0.15, -0.1) is 0 Å². The van der Waals surface area contributed by atoms with E-state index in [-0.39, 0.29) is 30.3 Å². The first kappa shape index (κ1) is 17.1. The van der Waals surface area contributed by atoms with Gasteiger partial charge in [-0.1, -0.05) is 6.92 Å². The maximum atomic E-state index is 12.9. The van der Waals surface area contributed by atoms with Crippen molar-refractivity contribution in [3.05, 3.63) is 18.2 Å². The minimum absolute atomic E-state index is 0.0275. The first-order valence-electron chi connectivity index (χ1n) is 9.26. The van der Waals surface area contributed by atoms with Crippen molar-refractivity contribution in [2.75, 3.05) is 44.4 Å². The fourth-order valence-corrected chi connectivity index (χ4v) is 3.75. The van der Waals surface area contributed by atoms with Crippen LogP contribution in [-0.2, 0) is 14.3 Å². The van der Waals surface area contributed by atoms with E-state index in [2.05, 4.69) is 6.92 Å². The third-order valence-electron chi connectivity index (χ3n) is 5.22. The van der Waals surface area contributed by atoms with E-state index in [0.29, 0.717) is 51.0 Å². The average molecular weight is 360 g/mol. The van der Waals surface area contributed by atoms with E-state index >= 15 is 0 Å². The molecule has 0 aromatic heterocycles. The highest BCUT2D eigenvalue weighted by Gasteiger charge is 2.38. The molecule has 1 aromatic carbocycles. The van der Waals surface area contributed by atoms with E-state index in [1.54, 1.807) is 4.90 Å². The lowest BCUT2D eigenvalue weighted by molar-refractivity contribution is -0.143. The highest BCUT2D eigenvalue weighted by Crippen LogP contribution is 2.36. The summed E-state index contributed by atoms with van der Waals surface area (Å²) in [6.07, 6.45) is 1.23. The van der Waals surface area contributed by atoms with Crippen molar-refractivity contribution in [2.24, 2.45) is 5.92 Å². The summed E-state index contributed by atoms with van der Waals surface area (Å²) < 4.78 is 16.8. The van der Waals surface area contributed by atoms with Gasteiger partial charge in [-0.3, -0.25) is 9.59 Å². The molecule has 2 saturated heterocycles. The SMILES string of the molecule is CCC1CN(C(=O)C2CC(=O)N(c3ccc4c(c3)OCCO4)C2)CCO1. The molecule has 140 valence electrons. The van der Waals surface area contributed by atoms with Crippen LogP contribution in [0.5, 0.6) is 11.5 Å². The van der Waals surface area contributed by atoms with Crippen LogP contribution in [0, 0.1) is 5.92 Å². The van der Waals surface area contributed by atoms with Crippen molar-refractivity contribution >= 4 is 17.5 Å². The summed E-state index contributed by atoms with van der Waals surface area (Å²) in [7, 11) is 0. The van der Waals surface area contributed by atoms with Gasteiger partial charge in [0.1, 0.15) is 13.2 Å². The Hall–Kier alpha value is -2.28. The van der Waals surface area contributed by atoms with Crippen molar-refractivity contribution in [3.63, 3.8) is 0 Å². The molecule has 7 heteroatoms. The van der Waals surface area contributed by atoms with Gasteiger partial charge < -0.3 is 24.0 Å². The third-order valence-corrected chi connectivity index (χ3v) is 5.22. The van der Waals surface area contributed by atoms with Crippen LogP contribution >= 0.6 is 0 Å². The van der Waals surface area contributed by atoms with E-state index in [1.165, 1.54) is 0 Å². The van der Waals surface area contributed by atoms with Crippen molar-refractivity contribution in [1.29, 1.82) is 0 Å². The number of morpholine rings is 1. The zero-order valence-electron chi connectivity index (χ0n) is 15.0. The number of anilines is 1. The average Bonchev–Trinajstić information content (AvgIpc) is 3.08. The van der Waals surface area contributed by atoms with Gasteiger partial charge in [0.05, 0.1) is 18.6 Å². The largest absolute Gasteiger partial charge is 0.486 e. The van der Waals surface area contributed by atoms with E-state index in [4.69, 9.17) is 14.2 Å². The molecule has 26 heavy (non-hydrogen) atoms. The van der Waals surface area contributed by atoms with Gasteiger partial charge >= 0.3 is 0 Å². The minimum Gasteiger partial charge on any atom is -0.486 e. The van der Waals surface area contributed by atoms with Gasteiger partial charge in [0.25, 0.3) is 0 Å². The maximum Gasteiger partial charge on any atom is 0.228 e. The molecule has 0 aliphatic carbocycles.